The Balaban J connectivity index is 3.33. The van der Waals surface area contributed by atoms with Crippen LogP contribution in [0, 0.1) is 0 Å². The summed E-state index contributed by atoms with van der Waals surface area (Å²) in [7, 11) is 1.49. The normalized spacial score (nSPS) is 8.38. The van der Waals surface area contributed by atoms with Crippen LogP contribution in [0.1, 0.15) is 6.92 Å². The molecule has 3 N–H and O–H groups in total. The Kier molecular flexibility index (Phi) is 2.95. The molecule has 0 atom stereocenters. The van der Waals surface area contributed by atoms with E-state index in [0.29, 0.717) is 6.54 Å². The third kappa shape index (κ3) is 2.41. The van der Waals surface area contributed by atoms with Gasteiger partial charge in [0.25, 0.3) is 0 Å². The fourth-order valence-corrected chi connectivity index (χ4v) is 0.276. The smallest absolute Gasteiger partial charge is 0.331 e. The molecule has 0 bridgehead atoms. The van der Waals surface area contributed by atoms with Gasteiger partial charge in [-0.25, -0.2) is 10.6 Å². The summed E-state index contributed by atoms with van der Waals surface area (Å²) in [6.07, 6.45) is 0. The van der Waals surface area contributed by atoms with E-state index >= 15 is 0 Å². The van der Waals surface area contributed by atoms with Crippen molar-refractivity contribution in [3.05, 3.63) is 0 Å². The lowest BCUT2D eigenvalue weighted by molar-refractivity contribution is 0.210. The summed E-state index contributed by atoms with van der Waals surface area (Å²) in [5.74, 6) is 5.04. The van der Waals surface area contributed by atoms with Gasteiger partial charge in [0, 0.05) is 13.6 Å². The molecule has 0 aliphatic heterocycles. The molecule has 0 fully saturated rings. The Bertz CT molecular complexity index is 81.4. The van der Waals surface area contributed by atoms with Gasteiger partial charge in [-0.3, -0.25) is 5.01 Å². The van der Waals surface area contributed by atoms with E-state index in [1.54, 1.807) is 0 Å². The number of nitrogens with zero attached hydrogens (tertiary/aromatic N) is 1. The SMILES string of the molecule is CCNC(=O)N(C)N. The molecule has 0 unspecified atom stereocenters. The fourth-order valence-electron chi connectivity index (χ4n) is 0.276. The Morgan fingerprint density at radius 1 is 1.88 bits per heavy atom. The van der Waals surface area contributed by atoms with Crippen LogP contribution in [0.5, 0.6) is 0 Å². The van der Waals surface area contributed by atoms with Crippen LogP contribution in [0.25, 0.3) is 0 Å². The van der Waals surface area contributed by atoms with E-state index in [2.05, 4.69) is 5.32 Å². The molecule has 0 aromatic carbocycles. The topological polar surface area (TPSA) is 58.4 Å². The van der Waals surface area contributed by atoms with Crippen molar-refractivity contribution in [2.45, 2.75) is 6.92 Å². The predicted octanol–water partition coefficient (Wildman–Crippen LogP) is -0.479. The first-order valence-corrected chi connectivity index (χ1v) is 2.44. The van der Waals surface area contributed by atoms with Crippen LogP contribution in [-0.4, -0.2) is 24.6 Å². The summed E-state index contributed by atoms with van der Waals surface area (Å²) in [6, 6.07) is -0.257. The van der Waals surface area contributed by atoms with Crippen molar-refractivity contribution < 1.29 is 4.79 Å². The van der Waals surface area contributed by atoms with Crippen LogP contribution in [0.2, 0.25) is 0 Å². The zero-order valence-corrected chi connectivity index (χ0v) is 5.14. The lowest BCUT2D eigenvalue weighted by Crippen LogP contribution is -2.41. The Hall–Kier alpha value is -0.770. The first-order chi connectivity index (χ1) is 3.68. The number of carbonyl (C=O) groups is 1. The van der Waals surface area contributed by atoms with Gasteiger partial charge in [0.1, 0.15) is 0 Å². The van der Waals surface area contributed by atoms with E-state index in [4.69, 9.17) is 5.84 Å². The minimum Gasteiger partial charge on any atom is -0.337 e. The average Bonchev–Trinajstić information content (AvgIpc) is 1.67. The molecule has 4 heteroatoms. The summed E-state index contributed by atoms with van der Waals surface area (Å²) < 4.78 is 0. The van der Waals surface area contributed by atoms with Gasteiger partial charge < -0.3 is 5.32 Å². The lowest BCUT2D eigenvalue weighted by Gasteiger charge is -2.08. The molecule has 4 nitrogen and oxygen atoms in total. The monoisotopic (exact) mass is 117 g/mol. The summed E-state index contributed by atoms with van der Waals surface area (Å²) in [5, 5.41) is 3.51. The van der Waals surface area contributed by atoms with E-state index in [0.717, 1.165) is 5.01 Å². The number of carbonyl (C=O) groups excluding carboxylic acids is 1. The van der Waals surface area contributed by atoms with Gasteiger partial charge in [-0.15, -0.1) is 0 Å². The van der Waals surface area contributed by atoms with Crippen molar-refractivity contribution >= 4 is 6.03 Å². The van der Waals surface area contributed by atoms with Gasteiger partial charge in [0.15, 0.2) is 0 Å². The Morgan fingerprint density at radius 3 is 2.50 bits per heavy atom. The van der Waals surface area contributed by atoms with Crippen molar-refractivity contribution in [2.24, 2.45) is 5.84 Å². The van der Waals surface area contributed by atoms with Gasteiger partial charge in [-0.1, -0.05) is 0 Å². The maximum atomic E-state index is 10.4. The number of nitrogens with one attached hydrogen (secondary N) is 1. The second-order valence-electron chi connectivity index (χ2n) is 1.45. The predicted molar refractivity (Wildman–Crippen MR) is 31.0 cm³/mol. The van der Waals surface area contributed by atoms with E-state index < -0.39 is 0 Å². The molecule has 0 saturated heterocycles. The quantitative estimate of drug-likeness (QED) is 0.277. The minimum absolute atomic E-state index is 0.257. The number of hydrogen-bond acceptors (Lipinski definition) is 2. The first-order valence-electron chi connectivity index (χ1n) is 2.44. The summed E-state index contributed by atoms with van der Waals surface area (Å²) in [4.78, 5) is 10.4. The number of rotatable bonds is 1. The van der Waals surface area contributed by atoms with E-state index in [1.165, 1.54) is 7.05 Å². The molecule has 0 spiro atoms. The third-order valence-corrected chi connectivity index (χ3v) is 0.648. The molecule has 0 aromatic heterocycles. The van der Waals surface area contributed by atoms with Crippen LogP contribution < -0.4 is 11.2 Å². The number of urea groups is 1. The van der Waals surface area contributed by atoms with E-state index in [9.17, 15) is 4.79 Å². The highest BCUT2D eigenvalue weighted by Gasteiger charge is 1.97. The van der Waals surface area contributed by atoms with Crippen molar-refractivity contribution in [3.63, 3.8) is 0 Å². The van der Waals surface area contributed by atoms with Gasteiger partial charge in [0.05, 0.1) is 0 Å². The molecule has 0 rings (SSSR count). The van der Waals surface area contributed by atoms with Gasteiger partial charge in [0.2, 0.25) is 0 Å². The molecule has 0 saturated carbocycles. The molecule has 48 valence electrons. The van der Waals surface area contributed by atoms with E-state index in [-0.39, 0.29) is 6.03 Å². The van der Waals surface area contributed by atoms with Crippen LogP contribution in [-0.2, 0) is 0 Å². The largest absolute Gasteiger partial charge is 0.337 e. The molecule has 0 radical (unpaired) electrons. The second kappa shape index (κ2) is 3.26. The van der Waals surface area contributed by atoms with Crippen LogP contribution in [0.3, 0.4) is 0 Å². The van der Waals surface area contributed by atoms with Crippen molar-refractivity contribution in [3.8, 4) is 0 Å². The molecule has 0 heterocycles. The Morgan fingerprint density at radius 2 is 2.38 bits per heavy atom. The van der Waals surface area contributed by atoms with Crippen molar-refractivity contribution in [2.75, 3.05) is 13.6 Å². The molecule has 0 aromatic rings. The molecular formula is C4H11N3O. The first kappa shape index (κ1) is 7.23. The summed E-state index contributed by atoms with van der Waals surface area (Å²) in [6.45, 7) is 2.45. The highest BCUT2D eigenvalue weighted by molar-refractivity contribution is 5.72. The number of nitrogens with two attached hydrogens (primary N) is 1. The zero-order valence-electron chi connectivity index (χ0n) is 5.14. The molecule has 0 aliphatic rings. The summed E-state index contributed by atoms with van der Waals surface area (Å²) in [5.41, 5.74) is 0. The fraction of sp³-hybridized carbons (Fsp3) is 0.750. The number of amides is 2. The molecular weight excluding hydrogens is 106 g/mol. The van der Waals surface area contributed by atoms with Gasteiger partial charge in [-0.2, -0.15) is 0 Å². The second-order valence-corrected chi connectivity index (χ2v) is 1.45. The lowest BCUT2D eigenvalue weighted by atomic mass is 10.7. The van der Waals surface area contributed by atoms with Gasteiger partial charge in [-0.05, 0) is 6.92 Å². The standard InChI is InChI=1S/C4H11N3O/c1-3-6-4(8)7(2)5/h3,5H2,1-2H3,(H,6,8). The average molecular weight is 117 g/mol. The van der Waals surface area contributed by atoms with Crippen LogP contribution >= 0.6 is 0 Å². The number of hydrogen-bond donors (Lipinski definition) is 2. The molecule has 0 aliphatic carbocycles. The minimum atomic E-state index is -0.257. The van der Waals surface area contributed by atoms with Crippen molar-refractivity contribution in [1.82, 2.24) is 10.3 Å². The van der Waals surface area contributed by atoms with Crippen LogP contribution in [0.15, 0.2) is 0 Å². The third-order valence-electron chi connectivity index (χ3n) is 0.648. The zero-order chi connectivity index (χ0) is 6.57. The van der Waals surface area contributed by atoms with Gasteiger partial charge >= 0.3 is 6.03 Å². The van der Waals surface area contributed by atoms with Crippen molar-refractivity contribution in [1.29, 1.82) is 0 Å². The van der Waals surface area contributed by atoms with Crippen LogP contribution in [0.4, 0.5) is 4.79 Å². The van der Waals surface area contributed by atoms with E-state index in [1.807, 2.05) is 6.92 Å². The Labute approximate surface area is 48.6 Å². The maximum Gasteiger partial charge on any atom is 0.331 e. The highest BCUT2D eigenvalue weighted by atomic mass is 16.2. The highest BCUT2D eigenvalue weighted by Crippen LogP contribution is 1.69. The molecule has 2 amide bonds. The maximum absolute atomic E-state index is 10.4. The number of hydrazine groups is 1. The molecule has 8 heavy (non-hydrogen) atoms. The summed E-state index contributed by atoms with van der Waals surface area (Å²) >= 11 is 0.